The van der Waals surface area contributed by atoms with Crippen molar-refractivity contribution in [2.24, 2.45) is 12.8 Å². The summed E-state index contributed by atoms with van der Waals surface area (Å²) in [7, 11) is 3.78. The second kappa shape index (κ2) is 5.29. The van der Waals surface area contributed by atoms with Crippen molar-refractivity contribution < 1.29 is 4.74 Å². The van der Waals surface area contributed by atoms with E-state index in [-0.39, 0.29) is 0 Å². The molecule has 0 unspecified atom stereocenters. The van der Waals surface area contributed by atoms with Crippen LogP contribution in [-0.4, -0.2) is 23.3 Å². The van der Waals surface area contributed by atoms with Crippen molar-refractivity contribution in [3.8, 4) is 0 Å². The van der Waals surface area contributed by atoms with Gasteiger partial charge in [-0.05, 0) is 24.1 Å². The third-order valence-electron chi connectivity index (χ3n) is 3.02. The van der Waals surface area contributed by atoms with Gasteiger partial charge in [0.05, 0.1) is 11.0 Å². The quantitative estimate of drug-likeness (QED) is 0.798. The highest BCUT2D eigenvalue weighted by atomic mass is 16.5. The van der Waals surface area contributed by atoms with E-state index in [1.54, 1.807) is 7.11 Å². The van der Waals surface area contributed by atoms with Crippen LogP contribution < -0.4 is 5.73 Å². The second-order valence-electron chi connectivity index (χ2n) is 4.21. The van der Waals surface area contributed by atoms with Crippen molar-refractivity contribution in [1.82, 2.24) is 9.55 Å². The van der Waals surface area contributed by atoms with Crippen molar-refractivity contribution in [2.75, 3.05) is 13.7 Å². The summed E-state index contributed by atoms with van der Waals surface area (Å²) < 4.78 is 7.20. The summed E-state index contributed by atoms with van der Waals surface area (Å²) in [4.78, 5) is 4.64. The minimum Gasteiger partial charge on any atom is -0.385 e. The lowest BCUT2D eigenvalue weighted by Gasteiger charge is -2.01. The van der Waals surface area contributed by atoms with E-state index in [0.29, 0.717) is 6.54 Å². The van der Waals surface area contributed by atoms with Crippen molar-refractivity contribution in [2.45, 2.75) is 19.4 Å². The van der Waals surface area contributed by atoms with E-state index in [2.05, 4.69) is 34.8 Å². The molecule has 1 aromatic heterocycles. The van der Waals surface area contributed by atoms with Crippen LogP contribution in [0.25, 0.3) is 11.0 Å². The van der Waals surface area contributed by atoms with Gasteiger partial charge in [0.2, 0.25) is 0 Å². The number of nitrogens with two attached hydrogens (primary N) is 1. The predicted octanol–water partition coefficient (Wildman–Crippen LogP) is 1.61. The lowest BCUT2D eigenvalue weighted by molar-refractivity contribution is 0.194. The van der Waals surface area contributed by atoms with Crippen LogP contribution in [0.15, 0.2) is 18.2 Å². The zero-order chi connectivity index (χ0) is 12.3. The monoisotopic (exact) mass is 233 g/mol. The van der Waals surface area contributed by atoms with Gasteiger partial charge in [-0.25, -0.2) is 4.98 Å². The summed E-state index contributed by atoms with van der Waals surface area (Å²) >= 11 is 0. The molecule has 0 saturated carbocycles. The molecule has 4 nitrogen and oxygen atoms in total. The molecule has 17 heavy (non-hydrogen) atoms. The average Bonchev–Trinajstić information content (AvgIpc) is 2.66. The van der Waals surface area contributed by atoms with Gasteiger partial charge in [0.25, 0.3) is 0 Å². The van der Waals surface area contributed by atoms with E-state index < -0.39 is 0 Å². The first-order valence-electron chi connectivity index (χ1n) is 5.89. The fraction of sp³-hybridized carbons (Fsp3) is 0.462. The molecule has 0 radical (unpaired) electrons. The Morgan fingerprint density at radius 3 is 2.94 bits per heavy atom. The van der Waals surface area contributed by atoms with Crippen molar-refractivity contribution >= 4 is 11.0 Å². The maximum absolute atomic E-state index is 5.63. The van der Waals surface area contributed by atoms with Crippen molar-refractivity contribution in [3.05, 3.63) is 29.6 Å². The summed E-state index contributed by atoms with van der Waals surface area (Å²) in [6, 6.07) is 6.21. The summed E-state index contributed by atoms with van der Waals surface area (Å²) in [5.41, 5.74) is 8.95. The lowest BCUT2D eigenvalue weighted by atomic mass is 10.2. The number of hydrogen-bond donors (Lipinski definition) is 1. The highest BCUT2D eigenvalue weighted by Gasteiger charge is 2.07. The van der Waals surface area contributed by atoms with Gasteiger partial charge in [0.15, 0.2) is 0 Å². The largest absolute Gasteiger partial charge is 0.385 e. The Hall–Kier alpha value is -1.39. The Morgan fingerprint density at radius 2 is 2.24 bits per heavy atom. The summed E-state index contributed by atoms with van der Waals surface area (Å²) in [6.45, 7) is 1.34. The predicted molar refractivity (Wildman–Crippen MR) is 68.8 cm³/mol. The molecule has 1 aromatic carbocycles. The lowest BCUT2D eigenvalue weighted by Crippen LogP contribution is -2.00. The molecule has 0 bridgehead atoms. The number of methoxy groups -OCH3 is 1. The van der Waals surface area contributed by atoms with E-state index in [1.165, 1.54) is 0 Å². The molecular formula is C13H19N3O. The van der Waals surface area contributed by atoms with Crippen molar-refractivity contribution in [3.63, 3.8) is 0 Å². The van der Waals surface area contributed by atoms with E-state index >= 15 is 0 Å². The highest BCUT2D eigenvalue weighted by molar-refractivity contribution is 5.76. The van der Waals surface area contributed by atoms with Gasteiger partial charge < -0.3 is 15.0 Å². The van der Waals surface area contributed by atoms with Crippen LogP contribution in [0.1, 0.15) is 17.8 Å². The first-order chi connectivity index (χ1) is 8.26. The third kappa shape index (κ3) is 2.48. The molecule has 2 N–H and O–H groups in total. The number of fused-ring (bicyclic) bond motifs is 1. The number of hydrogen-bond acceptors (Lipinski definition) is 3. The van der Waals surface area contributed by atoms with Crippen molar-refractivity contribution in [1.29, 1.82) is 0 Å². The van der Waals surface area contributed by atoms with Crippen LogP contribution in [0.2, 0.25) is 0 Å². The Morgan fingerprint density at radius 1 is 1.41 bits per heavy atom. The molecule has 2 rings (SSSR count). The standard InChI is InChI=1S/C13H19N3O/c1-16-12-6-5-10(9-14)8-11(12)15-13(16)4-3-7-17-2/h5-6,8H,3-4,7,9,14H2,1-2H3. The summed E-state index contributed by atoms with van der Waals surface area (Å²) in [5, 5.41) is 0. The topological polar surface area (TPSA) is 53.1 Å². The number of aromatic nitrogens is 2. The van der Waals surface area contributed by atoms with E-state index in [1.807, 2.05) is 0 Å². The number of rotatable bonds is 5. The van der Waals surface area contributed by atoms with Crippen LogP contribution in [0.4, 0.5) is 0 Å². The Bertz CT molecular complexity index is 505. The molecule has 0 amide bonds. The second-order valence-corrected chi connectivity index (χ2v) is 4.21. The molecule has 92 valence electrons. The first kappa shape index (κ1) is 12.1. The SMILES string of the molecule is COCCCc1nc2cc(CN)ccc2n1C. The molecule has 0 aliphatic rings. The summed E-state index contributed by atoms with van der Waals surface area (Å²) in [5.74, 6) is 1.10. The van der Waals surface area contributed by atoms with Gasteiger partial charge in [-0.3, -0.25) is 0 Å². The normalized spacial score (nSPS) is 11.2. The molecule has 1 heterocycles. The maximum atomic E-state index is 5.63. The maximum Gasteiger partial charge on any atom is 0.109 e. The van der Waals surface area contributed by atoms with E-state index in [9.17, 15) is 0 Å². The van der Waals surface area contributed by atoms with Gasteiger partial charge in [-0.2, -0.15) is 0 Å². The van der Waals surface area contributed by atoms with Gasteiger partial charge >= 0.3 is 0 Å². The van der Waals surface area contributed by atoms with Crippen LogP contribution >= 0.6 is 0 Å². The molecule has 0 atom stereocenters. The highest BCUT2D eigenvalue weighted by Crippen LogP contribution is 2.17. The molecule has 0 aliphatic carbocycles. The molecule has 0 spiro atoms. The third-order valence-corrected chi connectivity index (χ3v) is 3.02. The molecule has 0 fully saturated rings. The fourth-order valence-corrected chi connectivity index (χ4v) is 2.02. The van der Waals surface area contributed by atoms with Crippen LogP contribution in [0, 0.1) is 0 Å². The Labute approximate surface area is 101 Å². The number of aryl methyl sites for hydroxylation is 2. The first-order valence-corrected chi connectivity index (χ1v) is 5.89. The van der Waals surface area contributed by atoms with E-state index in [0.717, 1.165) is 41.9 Å². The number of ether oxygens (including phenoxy) is 1. The summed E-state index contributed by atoms with van der Waals surface area (Å²) in [6.07, 6.45) is 1.94. The number of nitrogens with zero attached hydrogens (tertiary/aromatic N) is 2. The van der Waals surface area contributed by atoms with E-state index in [4.69, 9.17) is 10.5 Å². The minimum atomic E-state index is 0.561. The van der Waals surface area contributed by atoms with Gasteiger partial charge in [-0.1, -0.05) is 6.07 Å². The molecule has 0 aliphatic heterocycles. The van der Waals surface area contributed by atoms with Gasteiger partial charge in [0.1, 0.15) is 5.82 Å². The average molecular weight is 233 g/mol. The zero-order valence-corrected chi connectivity index (χ0v) is 10.4. The smallest absolute Gasteiger partial charge is 0.109 e. The molecule has 4 heteroatoms. The molecule has 2 aromatic rings. The van der Waals surface area contributed by atoms with Crippen LogP contribution in [0.5, 0.6) is 0 Å². The van der Waals surface area contributed by atoms with Crippen LogP contribution in [0.3, 0.4) is 0 Å². The molecular weight excluding hydrogens is 214 g/mol. The fourth-order valence-electron chi connectivity index (χ4n) is 2.02. The Kier molecular flexibility index (Phi) is 3.76. The van der Waals surface area contributed by atoms with Gasteiger partial charge in [-0.15, -0.1) is 0 Å². The van der Waals surface area contributed by atoms with Crippen LogP contribution in [-0.2, 0) is 24.8 Å². The Balaban J connectivity index is 2.28. The number of imidazole rings is 1. The number of benzene rings is 1. The van der Waals surface area contributed by atoms with Gasteiger partial charge in [0, 0.05) is 33.7 Å². The minimum absolute atomic E-state index is 0.561. The molecule has 0 saturated heterocycles. The zero-order valence-electron chi connectivity index (χ0n) is 10.4.